The Morgan fingerprint density at radius 3 is 2.68 bits per heavy atom. The molecule has 3 aromatic heterocycles. The molecule has 19 heavy (non-hydrogen) atoms. The lowest BCUT2D eigenvalue weighted by atomic mass is 10.1. The predicted molar refractivity (Wildman–Crippen MR) is 74.5 cm³/mol. The van der Waals surface area contributed by atoms with E-state index in [1.54, 1.807) is 22.8 Å². The van der Waals surface area contributed by atoms with Crippen molar-refractivity contribution >= 4 is 5.52 Å². The third kappa shape index (κ3) is 2.47. The van der Waals surface area contributed by atoms with E-state index in [0.29, 0.717) is 5.56 Å². The highest BCUT2D eigenvalue weighted by atomic mass is 19.1. The van der Waals surface area contributed by atoms with E-state index in [1.807, 2.05) is 39.1 Å². The number of hydrogen-bond donors (Lipinski definition) is 0. The van der Waals surface area contributed by atoms with Gasteiger partial charge in [0.15, 0.2) is 0 Å². The lowest BCUT2D eigenvalue weighted by Gasteiger charge is -2.03. The van der Waals surface area contributed by atoms with Crippen molar-refractivity contribution in [2.75, 3.05) is 0 Å². The first-order chi connectivity index (χ1) is 9.25. The van der Waals surface area contributed by atoms with E-state index in [0.717, 1.165) is 16.6 Å². The minimum Gasteiger partial charge on any atom is -0.240 e. The van der Waals surface area contributed by atoms with Crippen molar-refractivity contribution in [2.24, 2.45) is 0 Å². The lowest BCUT2D eigenvalue weighted by molar-refractivity contribution is 0.587. The molecule has 4 heteroatoms. The number of halogens is 1. The van der Waals surface area contributed by atoms with Crippen LogP contribution in [0.2, 0.25) is 0 Å². The van der Waals surface area contributed by atoms with Crippen LogP contribution in [0.15, 0.2) is 42.9 Å². The first kappa shape index (κ1) is 13.2. The van der Waals surface area contributed by atoms with Crippen molar-refractivity contribution in [1.82, 2.24) is 14.6 Å². The molecule has 0 unspecified atom stereocenters. The van der Waals surface area contributed by atoms with Crippen LogP contribution >= 0.6 is 0 Å². The summed E-state index contributed by atoms with van der Waals surface area (Å²) in [5.74, 6) is -0.462. The normalized spacial score (nSPS) is 10.1. The maximum absolute atomic E-state index is 13.5. The summed E-state index contributed by atoms with van der Waals surface area (Å²) >= 11 is 0. The molecule has 0 aliphatic heterocycles. The van der Waals surface area contributed by atoms with Crippen LogP contribution in [0.3, 0.4) is 0 Å². The number of pyridine rings is 2. The SMILES string of the molecule is CC.Cc1cnn2cc(-c3cccnc3F)ccc12. The first-order valence-electron chi connectivity index (χ1n) is 6.30. The van der Waals surface area contributed by atoms with Crippen LogP contribution in [0.1, 0.15) is 19.4 Å². The maximum Gasteiger partial charge on any atom is 0.220 e. The summed E-state index contributed by atoms with van der Waals surface area (Å²) in [4.78, 5) is 3.64. The summed E-state index contributed by atoms with van der Waals surface area (Å²) < 4.78 is 15.3. The summed E-state index contributed by atoms with van der Waals surface area (Å²) in [6.45, 7) is 5.99. The van der Waals surface area contributed by atoms with Gasteiger partial charge in [0.25, 0.3) is 0 Å². The van der Waals surface area contributed by atoms with Gasteiger partial charge in [-0.25, -0.2) is 9.50 Å². The van der Waals surface area contributed by atoms with Crippen molar-refractivity contribution in [1.29, 1.82) is 0 Å². The molecule has 3 aromatic rings. The Morgan fingerprint density at radius 2 is 1.95 bits per heavy atom. The van der Waals surface area contributed by atoms with Gasteiger partial charge in [0.05, 0.1) is 11.7 Å². The Labute approximate surface area is 111 Å². The molecule has 98 valence electrons. The third-order valence-electron chi connectivity index (χ3n) is 2.78. The zero-order valence-electron chi connectivity index (χ0n) is 11.3. The zero-order chi connectivity index (χ0) is 13.8. The second-order valence-corrected chi connectivity index (χ2v) is 3.92. The van der Waals surface area contributed by atoms with E-state index in [-0.39, 0.29) is 0 Å². The molecule has 0 aromatic carbocycles. The molecule has 0 bridgehead atoms. The number of aromatic nitrogens is 3. The zero-order valence-corrected chi connectivity index (χ0v) is 11.3. The summed E-state index contributed by atoms with van der Waals surface area (Å²) in [7, 11) is 0. The summed E-state index contributed by atoms with van der Waals surface area (Å²) in [5.41, 5.74) is 3.38. The molecule has 3 rings (SSSR count). The van der Waals surface area contributed by atoms with Gasteiger partial charge in [-0.15, -0.1) is 0 Å². The van der Waals surface area contributed by atoms with Gasteiger partial charge >= 0.3 is 0 Å². The first-order valence-corrected chi connectivity index (χ1v) is 6.30. The van der Waals surface area contributed by atoms with Crippen molar-refractivity contribution in [3.8, 4) is 11.1 Å². The maximum atomic E-state index is 13.5. The molecule has 0 fully saturated rings. The molecule has 0 spiro atoms. The average molecular weight is 257 g/mol. The van der Waals surface area contributed by atoms with Gasteiger partial charge in [-0.05, 0) is 30.7 Å². The van der Waals surface area contributed by atoms with E-state index in [2.05, 4.69) is 10.1 Å². The van der Waals surface area contributed by atoms with E-state index in [9.17, 15) is 4.39 Å². The topological polar surface area (TPSA) is 30.2 Å². The molecular weight excluding hydrogens is 241 g/mol. The highest BCUT2D eigenvalue weighted by molar-refractivity contribution is 5.66. The molecule has 3 heterocycles. The molecule has 0 saturated carbocycles. The van der Waals surface area contributed by atoms with Crippen LogP contribution in [0.5, 0.6) is 0 Å². The molecule has 0 N–H and O–H groups in total. The average Bonchev–Trinajstić information content (AvgIpc) is 2.83. The van der Waals surface area contributed by atoms with E-state index >= 15 is 0 Å². The molecule has 3 nitrogen and oxygen atoms in total. The molecule has 0 saturated heterocycles. The van der Waals surface area contributed by atoms with E-state index in [1.165, 1.54) is 6.20 Å². The molecule has 0 aliphatic rings. The Hall–Kier alpha value is -2.23. The highest BCUT2D eigenvalue weighted by Crippen LogP contribution is 2.22. The van der Waals surface area contributed by atoms with Gasteiger partial charge in [0.2, 0.25) is 5.95 Å². The summed E-state index contributed by atoms with van der Waals surface area (Å²) in [5, 5.41) is 4.21. The van der Waals surface area contributed by atoms with Crippen LogP contribution in [0.4, 0.5) is 4.39 Å². The third-order valence-corrected chi connectivity index (χ3v) is 2.78. The fourth-order valence-electron chi connectivity index (χ4n) is 1.87. The number of hydrogen-bond acceptors (Lipinski definition) is 2. The molecule has 0 radical (unpaired) electrons. The van der Waals surface area contributed by atoms with Crippen LogP contribution < -0.4 is 0 Å². The van der Waals surface area contributed by atoms with Gasteiger partial charge < -0.3 is 0 Å². The fourth-order valence-corrected chi connectivity index (χ4v) is 1.87. The fraction of sp³-hybridized carbons (Fsp3) is 0.200. The van der Waals surface area contributed by atoms with Gasteiger partial charge in [-0.1, -0.05) is 19.9 Å². The van der Waals surface area contributed by atoms with Crippen molar-refractivity contribution in [2.45, 2.75) is 20.8 Å². The Morgan fingerprint density at radius 1 is 1.16 bits per heavy atom. The molecule has 0 atom stereocenters. The number of rotatable bonds is 1. The van der Waals surface area contributed by atoms with Crippen LogP contribution in [-0.2, 0) is 0 Å². The second-order valence-electron chi connectivity index (χ2n) is 3.92. The largest absolute Gasteiger partial charge is 0.240 e. The summed E-state index contributed by atoms with van der Waals surface area (Å²) in [6.07, 6.45) is 5.04. The summed E-state index contributed by atoms with van der Waals surface area (Å²) in [6, 6.07) is 7.24. The Balaban J connectivity index is 0.000000637. The van der Waals surface area contributed by atoms with Crippen molar-refractivity contribution in [3.63, 3.8) is 0 Å². The highest BCUT2D eigenvalue weighted by Gasteiger charge is 2.07. The van der Waals surface area contributed by atoms with Crippen LogP contribution in [-0.4, -0.2) is 14.6 Å². The number of fused-ring (bicyclic) bond motifs is 1. The van der Waals surface area contributed by atoms with Crippen LogP contribution in [0.25, 0.3) is 16.6 Å². The Kier molecular flexibility index (Phi) is 3.90. The minimum atomic E-state index is -0.462. The van der Waals surface area contributed by atoms with Gasteiger partial charge in [0, 0.05) is 23.5 Å². The molecular formula is C15H16FN3. The minimum absolute atomic E-state index is 0.462. The van der Waals surface area contributed by atoms with E-state index < -0.39 is 5.95 Å². The quantitative estimate of drug-likeness (QED) is 0.619. The van der Waals surface area contributed by atoms with Crippen LogP contribution in [0, 0.1) is 12.9 Å². The monoisotopic (exact) mass is 257 g/mol. The second kappa shape index (κ2) is 5.61. The standard InChI is InChI=1S/C13H10FN3.C2H6/c1-9-7-16-17-8-10(4-5-12(9)17)11-3-2-6-15-13(11)14;1-2/h2-8H,1H3;1-2H3. The molecule has 0 aliphatic carbocycles. The predicted octanol–water partition coefficient (Wildman–Crippen LogP) is 3.87. The van der Waals surface area contributed by atoms with Crippen molar-refractivity contribution < 1.29 is 4.39 Å². The van der Waals surface area contributed by atoms with Gasteiger partial charge in [-0.2, -0.15) is 9.49 Å². The molecule has 0 amide bonds. The van der Waals surface area contributed by atoms with E-state index in [4.69, 9.17) is 0 Å². The van der Waals surface area contributed by atoms with Gasteiger partial charge in [-0.3, -0.25) is 0 Å². The van der Waals surface area contributed by atoms with Gasteiger partial charge in [0.1, 0.15) is 0 Å². The Bertz CT molecular complexity index is 689. The number of nitrogens with zero attached hydrogens (tertiary/aromatic N) is 3. The number of aryl methyl sites for hydroxylation is 1. The smallest absolute Gasteiger partial charge is 0.220 e. The van der Waals surface area contributed by atoms with Crippen molar-refractivity contribution in [3.05, 3.63) is 54.4 Å². The lowest BCUT2D eigenvalue weighted by Crippen LogP contribution is -1.92.